The minimum Gasteiger partial charge on any atom is -0.328 e. The topological polar surface area (TPSA) is 43.1 Å². The molecule has 0 heterocycles. The number of carbonyl (C=O) groups is 1. The molecule has 0 unspecified atom stereocenters. The maximum absolute atomic E-state index is 10.8. The zero-order valence-electron chi connectivity index (χ0n) is 5.14. The Morgan fingerprint density at radius 1 is 1.67 bits per heavy atom. The highest BCUT2D eigenvalue weighted by atomic mass is 79.9. The van der Waals surface area contributed by atoms with Crippen molar-refractivity contribution in [2.24, 2.45) is 11.7 Å². The Morgan fingerprint density at radius 3 is 2.56 bits per heavy atom. The average molecular weight is 192 g/mol. The third-order valence-corrected chi connectivity index (χ3v) is 2.31. The quantitative estimate of drug-likeness (QED) is 0.654. The minimum atomic E-state index is 0.263. The summed E-state index contributed by atoms with van der Waals surface area (Å²) in [7, 11) is 0. The number of rotatable bonds is 2. The predicted octanol–water partition coefficient (Wildman–Crippen LogP) is 0.688. The summed E-state index contributed by atoms with van der Waals surface area (Å²) in [6.07, 6.45) is 1.79. The molecule has 0 saturated heterocycles. The van der Waals surface area contributed by atoms with E-state index in [0.29, 0.717) is 11.1 Å². The van der Waals surface area contributed by atoms with Gasteiger partial charge in [-0.2, -0.15) is 0 Å². The summed E-state index contributed by atoms with van der Waals surface area (Å²) < 4.78 is 0. The van der Waals surface area contributed by atoms with Crippen LogP contribution in [0.15, 0.2) is 0 Å². The molecule has 3 heteroatoms. The summed E-state index contributed by atoms with van der Waals surface area (Å²) in [5.74, 6) is 0.566. The lowest BCUT2D eigenvalue weighted by atomic mass is 9.79. The summed E-state index contributed by atoms with van der Waals surface area (Å²) in [5, 5.41) is 0.490. The highest BCUT2D eigenvalue weighted by molar-refractivity contribution is 9.09. The van der Waals surface area contributed by atoms with Crippen LogP contribution in [0.4, 0.5) is 0 Å². The van der Waals surface area contributed by atoms with Gasteiger partial charge >= 0.3 is 0 Å². The van der Waals surface area contributed by atoms with Gasteiger partial charge in [0.25, 0.3) is 0 Å². The molecule has 1 aliphatic rings. The molecule has 0 aromatic rings. The van der Waals surface area contributed by atoms with Gasteiger partial charge in [0.1, 0.15) is 5.78 Å². The first-order chi connectivity index (χ1) is 4.24. The van der Waals surface area contributed by atoms with E-state index in [1.54, 1.807) is 0 Å². The Hall–Kier alpha value is 0.110. The van der Waals surface area contributed by atoms with Crippen LogP contribution in [0.25, 0.3) is 0 Å². The smallest absolute Gasteiger partial charge is 0.146 e. The number of halogens is 1. The summed E-state index contributed by atoms with van der Waals surface area (Å²) in [6, 6.07) is 0.290. The van der Waals surface area contributed by atoms with E-state index in [0.717, 1.165) is 12.8 Å². The summed E-state index contributed by atoms with van der Waals surface area (Å²) >= 11 is 3.12. The van der Waals surface area contributed by atoms with E-state index >= 15 is 0 Å². The minimum absolute atomic E-state index is 0.263. The summed E-state index contributed by atoms with van der Waals surface area (Å²) in [4.78, 5) is 10.8. The summed E-state index contributed by atoms with van der Waals surface area (Å²) in [6.45, 7) is 0. The Balaban J connectivity index is 2.23. The predicted molar refractivity (Wildman–Crippen MR) is 39.5 cm³/mol. The van der Waals surface area contributed by atoms with E-state index in [2.05, 4.69) is 15.9 Å². The maximum Gasteiger partial charge on any atom is 0.146 e. The highest BCUT2D eigenvalue weighted by Gasteiger charge is 2.30. The second-order valence-electron chi connectivity index (χ2n) is 2.53. The first-order valence-corrected chi connectivity index (χ1v) is 4.20. The molecule has 9 heavy (non-hydrogen) atoms. The number of hydrogen-bond donors (Lipinski definition) is 1. The fourth-order valence-electron chi connectivity index (χ4n) is 1.03. The SMILES string of the molecule is NC1CC(C(=O)CBr)C1. The van der Waals surface area contributed by atoms with Crippen molar-refractivity contribution in [1.29, 1.82) is 0 Å². The van der Waals surface area contributed by atoms with Crippen molar-refractivity contribution in [3.8, 4) is 0 Å². The van der Waals surface area contributed by atoms with Crippen molar-refractivity contribution in [2.75, 3.05) is 5.33 Å². The molecule has 0 aromatic carbocycles. The number of hydrogen-bond acceptors (Lipinski definition) is 2. The molecule has 0 aromatic heterocycles. The third-order valence-electron chi connectivity index (χ3n) is 1.76. The molecular formula is C6H10BrNO. The van der Waals surface area contributed by atoms with Crippen LogP contribution in [-0.4, -0.2) is 17.2 Å². The largest absolute Gasteiger partial charge is 0.328 e. The van der Waals surface area contributed by atoms with E-state index in [1.807, 2.05) is 0 Å². The fourth-order valence-corrected chi connectivity index (χ4v) is 1.49. The van der Waals surface area contributed by atoms with Crippen LogP contribution in [0.1, 0.15) is 12.8 Å². The van der Waals surface area contributed by atoms with Gasteiger partial charge in [0.2, 0.25) is 0 Å². The number of Topliss-reactive ketones (excluding diaryl/α,β-unsaturated/α-hetero) is 1. The molecule has 1 saturated carbocycles. The van der Waals surface area contributed by atoms with Gasteiger partial charge in [-0.05, 0) is 12.8 Å². The van der Waals surface area contributed by atoms with E-state index < -0.39 is 0 Å². The number of ketones is 1. The van der Waals surface area contributed by atoms with E-state index in [1.165, 1.54) is 0 Å². The summed E-state index contributed by atoms with van der Waals surface area (Å²) in [5.41, 5.74) is 5.49. The van der Waals surface area contributed by atoms with Gasteiger partial charge in [0, 0.05) is 12.0 Å². The Morgan fingerprint density at radius 2 is 2.22 bits per heavy atom. The molecular weight excluding hydrogens is 182 g/mol. The van der Waals surface area contributed by atoms with Crippen LogP contribution in [-0.2, 0) is 4.79 Å². The molecule has 0 amide bonds. The number of carbonyl (C=O) groups excluding carboxylic acids is 1. The van der Waals surface area contributed by atoms with Gasteiger partial charge < -0.3 is 5.73 Å². The Labute approximate surface area is 62.9 Å². The lowest BCUT2D eigenvalue weighted by Gasteiger charge is -2.30. The lowest BCUT2D eigenvalue weighted by molar-refractivity contribution is -0.122. The van der Waals surface area contributed by atoms with E-state index in [-0.39, 0.29) is 12.0 Å². The molecule has 0 radical (unpaired) electrons. The number of alkyl halides is 1. The van der Waals surface area contributed by atoms with Crippen LogP contribution in [0, 0.1) is 5.92 Å². The second kappa shape index (κ2) is 2.80. The maximum atomic E-state index is 10.8. The van der Waals surface area contributed by atoms with Crippen molar-refractivity contribution in [1.82, 2.24) is 0 Å². The van der Waals surface area contributed by atoms with Gasteiger partial charge in [0.05, 0.1) is 5.33 Å². The van der Waals surface area contributed by atoms with Gasteiger partial charge in [0.15, 0.2) is 0 Å². The zero-order valence-corrected chi connectivity index (χ0v) is 6.73. The fraction of sp³-hybridized carbons (Fsp3) is 0.833. The molecule has 1 rings (SSSR count). The first kappa shape index (κ1) is 7.22. The van der Waals surface area contributed by atoms with Crippen LogP contribution in [0.2, 0.25) is 0 Å². The third kappa shape index (κ3) is 1.52. The molecule has 0 spiro atoms. The molecule has 1 aliphatic carbocycles. The molecule has 2 nitrogen and oxygen atoms in total. The van der Waals surface area contributed by atoms with Crippen molar-refractivity contribution < 1.29 is 4.79 Å². The van der Waals surface area contributed by atoms with Crippen molar-refractivity contribution in [3.05, 3.63) is 0 Å². The van der Waals surface area contributed by atoms with Gasteiger partial charge in [-0.1, -0.05) is 15.9 Å². The molecule has 1 fully saturated rings. The van der Waals surface area contributed by atoms with Gasteiger partial charge in [-0.25, -0.2) is 0 Å². The molecule has 2 N–H and O–H groups in total. The Kier molecular flexibility index (Phi) is 2.24. The Bertz CT molecular complexity index is 120. The van der Waals surface area contributed by atoms with Gasteiger partial charge in [-0.15, -0.1) is 0 Å². The van der Waals surface area contributed by atoms with Crippen molar-refractivity contribution >= 4 is 21.7 Å². The first-order valence-electron chi connectivity index (χ1n) is 3.08. The van der Waals surface area contributed by atoms with Crippen LogP contribution < -0.4 is 5.73 Å². The highest BCUT2D eigenvalue weighted by Crippen LogP contribution is 2.26. The monoisotopic (exact) mass is 191 g/mol. The van der Waals surface area contributed by atoms with Crippen LogP contribution in [0.5, 0.6) is 0 Å². The van der Waals surface area contributed by atoms with Gasteiger partial charge in [-0.3, -0.25) is 4.79 Å². The molecule has 0 aliphatic heterocycles. The zero-order chi connectivity index (χ0) is 6.85. The van der Waals surface area contributed by atoms with Crippen molar-refractivity contribution in [2.45, 2.75) is 18.9 Å². The number of nitrogens with two attached hydrogens (primary N) is 1. The molecule has 0 atom stereocenters. The van der Waals surface area contributed by atoms with Crippen LogP contribution in [0.3, 0.4) is 0 Å². The van der Waals surface area contributed by atoms with E-state index in [9.17, 15) is 4.79 Å². The average Bonchev–Trinajstić information content (AvgIpc) is 1.79. The lowest BCUT2D eigenvalue weighted by Crippen LogP contribution is -2.40. The van der Waals surface area contributed by atoms with Crippen molar-refractivity contribution in [3.63, 3.8) is 0 Å². The molecule has 0 bridgehead atoms. The molecule has 52 valence electrons. The van der Waals surface area contributed by atoms with Crippen LogP contribution >= 0.6 is 15.9 Å². The normalized spacial score (nSPS) is 33.6. The van der Waals surface area contributed by atoms with E-state index in [4.69, 9.17) is 5.73 Å². The standard InChI is InChI=1S/C6H10BrNO/c7-3-6(9)4-1-5(8)2-4/h4-5H,1-3,8H2. The second-order valence-corrected chi connectivity index (χ2v) is 3.09.